The lowest BCUT2D eigenvalue weighted by molar-refractivity contribution is -0.142. The highest BCUT2D eigenvalue weighted by molar-refractivity contribution is 5.65. The Labute approximate surface area is 127 Å². The van der Waals surface area contributed by atoms with E-state index in [0.29, 0.717) is 11.1 Å². The summed E-state index contributed by atoms with van der Waals surface area (Å²) in [4.78, 5) is 10.7. The van der Waals surface area contributed by atoms with E-state index < -0.39 is 17.6 Å². The molecule has 116 valence electrons. The van der Waals surface area contributed by atoms with Gasteiger partial charge in [0.05, 0.1) is 0 Å². The first kappa shape index (κ1) is 15.9. The molecule has 2 aromatic carbocycles. The van der Waals surface area contributed by atoms with Crippen LogP contribution in [0.3, 0.4) is 0 Å². The molecule has 0 bridgehead atoms. The standard InChI is InChI=1S/C17H16F2O3/c1-10-3-4-13(15(18)5-10)8-14-16(19)6-12(7-17(14)21)9-22-11(2)20/h3-7,21H,8-9H2,1-2H3. The number of hydrogen-bond donors (Lipinski definition) is 1. The van der Waals surface area contributed by atoms with Crippen molar-refractivity contribution >= 4 is 5.97 Å². The maximum absolute atomic E-state index is 14.1. The van der Waals surface area contributed by atoms with Crippen LogP contribution in [0.1, 0.15) is 29.2 Å². The molecule has 0 aliphatic heterocycles. The van der Waals surface area contributed by atoms with Gasteiger partial charge in [-0.25, -0.2) is 8.78 Å². The minimum Gasteiger partial charge on any atom is -0.508 e. The van der Waals surface area contributed by atoms with Crippen molar-refractivity contribution in [3.8, 4) is 5.75 Å². The lowest BCUT2D eigenvalue weighted by atomic mass is 10.0. The van der Waals surface area contributed by atoms with Crippen LogP contribution in [-0.2, 0) is 22.6 Å². The van der Waals surface area contributed by atoms with Gasteiger partial charge in [0, 0.05) is 18.9 Å². The third-order valence-corrected chi connectivity index (χ3v) is 3.25. The van der Waals surface area contributed by atoms with Crippen LogP contribution in [0, 0.1) is 18.6 Å². The maximum Gasteiger partial charge on any atom is 0.302 e. The van der Waals surface area contributed by atoms with Crippen molar-refractivity contribution in [1.29, 1.82) is 0 Å². The first-order valence-electron chi connectivity index (χ1n) is 6.75. The van der Waals surface area contributed by atoms with Gasteiger partial charge in [-0.2, -0.15) is 0 Å². The number of rotatable bonds is 4. The van der Waals surface area contributed by atoms with E-state index in [1.807, 2.05) is 0 Å². The minimum atomic E-state index is -0.665. The molecule has 3 nitrogen and oxygen atoms in total. The summed E-state index contributed by atoms with van der Waals surface area (Å²) in [6, 6.07) is 7.13. The van der Waals surface area contributed by atoms with Gasteiger partial charge in [-0.1, -0.05) is 12.1 Å². The average molecular weight is 306 g/mol. The van der Waals surface area contributed by atoms with Crippen molar-refractivity contribution in [3.05, 3.63) is 64.2 Å². The van der Waals surface area contributed by atoms with Gasteiger partial charge < -0.3 is 9.84 Å². The van der Waals surface area contributed by atoms with Crippen LogP contribution in [-0.4, -0.2) is 11.1 Å². The predicted octanol–water partition coefficient (Wildman–Crippen LogP) is 3.63. The fourth-order valence-electron chi connectivity index (χ4n) is 2.11. The van der Waals surface area contributed by atoms with E-state index in [1.165, 1.54) is 25.1 Å². The molecule has 0 aliphatic rings. The molecule has 0 aliphatic carbocycles. The molecule has 0 heterocycles. The predicted molar refractivity (Wildman–Crippen MR) is 77.5 cm³/mol. The van der Waals surface area contributed by atoms with Gasteiger partial charge in [0.25, 0.3) is 0 Å². The first-order valence-corrected chi connectivity index (χ1v) is 6.75. The molecule has 0 atom stereocenters. The van der Waals surface area contributed by atoms with Crippen molar-refractivity contribution in [2.45, 2.75) is 26.9 Å². The number of carbonyl (C=O) groups excluding carboxylic acids is 1. The zero-order chi connectivity index (χ0) is 16.3. The third-order valence-electron chi connectivity index (χ3n) is 3.25. The van der Waals surface area contributed by atoms with Gasteiger partial charge in [0.2, 0.25) is 0 Å². The molecule has 0 saturated carbocycles. The SMILES string of the molecule is CC(=O)OCc1cc(O)c(Cc2ccc(C)cc2F)c(F)c1. The summed E-state index contributed by atoms with van der Waals surface area (Å²) in [5.74, 6) is -1.89. The highest BCUT2D eigenvalue weighted by Crippen LogP contribution is 2.27. The number of carbonyl (C=O) groups is 1. The van der Waals surface area contributed by atoms with E-state index in [0.717, 1.165) is 5.56 Å². The summed E-state index contributed by atoms with van der Waals surface area (Å²) in [6.07, 6.45) is -0.0579. The molecule has 1 N–H and O–H groups in total. The van der Waals surface area contributed by atoms with Gasteiger partial charge in [0.1, 0.15) is 24.0 Å². The van der Waals surface area contributed by atoms with E-state index in [2.05, 4.69) is 0 Å². The monoisotopic (exact) mass is 306 g/mol. The van der Waals surface area contributed by atoms with Crippen LogP contribution >= 0.6 is 0 Å². The van der Waals surface area contributed by atoms with Gasteiger partial charge in [-0.3, -0.25) is 4.79 Å². The molecular formula is C17H16F2O3. The number of ether oxygens (including phenoxy) is 1. The second kappa shape index (κ2) is 6.56. The molecule has 22 heavy (non-hydrogen) atoms. The van der Waals surface area contributed by atoms with Crippen LogP contribution in [0.15, 0.2) is 30.3 Å². The van der Waals surface area contributed by atoms with Crippen molar-refractivity contribution in [3.63, 3.8) is 0 Å². The van der Waals surface area contributed by atoms with Crippen molar-refractivity contribution in [1.82, 2.24) is 0 Å². The van der Waals surface area contributed by atoms with Crippen LogP contribution < -0.4 is 0 Å². The molecular weight excluding hydrogens is 290 g/mol. The third kappa shape index (κ3) is 3.81. The highest BCUT2D eigenvalue weighted by Gasteiger charge is 2.14. The summed E-state index contributed by atoms with van der Waals surface area (Å²) in [6.45, 7) is 2.87. The second-order valence-electron chi connectivity index (χ2n) is 5.13. The normalized spacial score (nSPS) is 10.5. The average Bonchev–Trinajstić information content (AvgIpc) is 2.42. The van der Waals surface area contributed by atoms with Crippen LogP contribution in [0.5, 0.6) is 5.75 Å². The Balaban J connectivity index is 2.26. The van der Waals surface area contributed by atoms with Crippen LogP contribution in [0.25, 0.3) is 0 Å². The zero-order valence-electron chi connectivity index (χ0n) is 12.3. The molecule has 0 aromatic heterocycles. The molecule has 2 aromatic rings. The zero-order valence-corrected chi connectivity index (χ0v) is 12.3. The van der Waals surface area contributed by atoms with Crippen molar-refractivity contribution < 1.29 is 23.4 Å². The fourth-order valence-corrected chi connectivity index (χ4v) is 2.11. The topological polar surface area (TPSA) is 46.5 Å². The van der Waals surface area contributed by atoms with E-state index in [1.54, 1.807) is 19.1 Å². The number of aryl methyl sites for hydroxylation is 1. The summed E-state index contributed by atoms with van der Waals surface area (Å²) < 4.78 is 32.7. The van der Waals surface area contributed by atoms with Gasteiger partial charge in [0.15, 0.2) is 0 Å². The molecule has 0 unspecified atom stereocenters. The van der Waals surface area contributed by atoms with Gasteiger partial charge in [-0.05, 0) is 41.8 Å². The first-order chi connectivity index (χ1) is 10.4. The lowest BCUT2D eigenvalue weighted by Gasteiger charge is -2.10. The number of benzene rings is 2. The Hall–Kier alpha value is -2.43. The van der Waals surface area contributed by atoms with Crippen LogP contribution in [0.2, 0.25) is 0 Å². The number of phenolic OH excluding ortho intramolecular Hbond substituents is 1. The Morgan fingerprint density at radius 3 is 2.50 bits per heavy atom. The van der Waals surface area contributed by atoms with Crippen molar-refractivity contribution in [2.24, 2.45) is 0 Å². The number of aromatic hydroxyl groups is 1. The number of hydrogen-bond acceptors (Lipinski definition) is 3. The highest BCUT2D eigenvalue weighted by atomic mass is 19.1. The van der Waals surface area contributed by atoms with Crippen LogP contribution in [0.4, 0.5) is 8.78 Å². The van der Waals surface area contributed by atoms with E-state index in [9.17, 15) is 18.7 Å². The molecule has 2 rings (SSSR count). The second-order valence-corrected chi connectivity index (χ2v) is 5.13. The number of halogens is 2. The number of esters is 1. The summed E-state index contributed by atoms with van der Waals surface area (Å²) >= 11 is 0. The molecule has 0 radical (unpaired) electrons. The Morgan fingerprint density at radius 2 is 1.91 bits per heavy atom. The summed E-state index contributed by atoms with van der Waals surface area (Å²) in [5, 5.41) is 9.94. The Kier molecular flexibility index (Phi) is 4.75. The number of phenols is 1. The Bertz CT molecular complexity index is 688. The van der Waals surface area contributed by atoms with E-state index in [-0.39, 0.29) is 24.3 Å². The smallest absolute Gasteiger partial charge is 0.302 e. The quantitative estimate of drug-likeness (QED) is 0.877. The summed E-state index contributed by atoms with van der Waals surface area (Å²) in [5.41, 5.74) is 1.41. The molecule has 0 amide bonds. The van der Waals surface area contributed by atoms with E-state index in [4.69, 9.17) is 4.74 Å². The summed E-state index contributed by atoms with van der Waals surface area (Å²) in [7, 11) is 0. The van der Waals surface area contributed by atoms with Gasteiger partial charge >= 0.3 is 5.97 Å². The fraction of sp³-hybridized carbons (Fsp3) is 0.235. The molecule has 0 fully saturated rings. The molecule has 0 spiro atoms. The maximum atomic E-state index is 14.1. The molecule has 5 heteroatoms. The van der Waals surface area contributed by atoms with Gasteiger partial charge in [-0.15, -0.1) is 0 Å². The Morgan fingerprint density at radius 1 is 1.18 bits per heavy atom. The lowest BCUT2D eigenvalue weighted by Crippen LogP contribution is -2.02. The minimum absolute atomic E-state index is 0.00864. The largest absolute Gasteiger partial charge is 0.508 e. The molecule has 0 saturated heterocycles. The van der Waals surface area contributed by atoms with Crippen molar-refractivity contribution in [2.75, 3.05) is 0 Å². The van der Waals surface area contributed by atoms with E-state index >= 15 is 0 Å².